The van der Waals surface area contributed by atoms with Crippen LogP contribution in [0, 0.1) is 0 Å². The number of hydrogen-bond donors (Lipinski definition) is 3. The molecule has 7 nitrogen and oxygen atoms in total. The van der Waals surface area contributed by atoms with E-state index in [0.717, 1.165) is 0 Å². The summed E-state index contributed by atoms with van der Waals surface area (Å²) in [6.45, 7) is 5.94. The van der Waals surface area contributed by atoms with Crippen LogP contribution in [0.5, 0.6) is 0 Å². The van der Waals surface area contributed by atoms with Gasteiger partial charge in [-0.25, -0.2) is 13.1 Å². The Morgan fingerprint density at radius 2 is 2.04 bits per heavy atom. The molecule has 0 radical (unpaired) electrons. The lowest BCUT2D eigenvalue weighted by atomic mass is 10.2. The summed E-state index contributed by atoms with van der Waals surface area (Å²) in [6, 6.07) is 5.89. The summed E-state index contributed by atoms with van der Waals surface area (Å²) >= 11 is 0. The van der Waals surface area contributed by atoms with Crippen molar-refractivity contribution in [2.45, 2.75) is 4.90 Å². The Balaban J connectivity index is 0.00000529. The van der Waals surface area contributed by atoms with E-state index in [1.807, 2.05) is 0 Å². The Hall–Kier alpha value is -1.45. The van der Waals surface area contributed by atoms with Gasteiger partial charge in [-0.2, -0.15) is 0 Å². The lowest BCUT2D eigenvalue weighted by Gasteiger charge is -2.09. The van der Waals surface area contributed by atoms with Gasteiger partial charge in [0, 0.05) is 38.9 Å². The first-order valence-corrected chi connectivity index (χ1v) is 8.68. The predicted octanol–water partition coefficient (Wildman–Crippen LogP) is 0.539. The third kappa shape index (κ3) is 7.89. The van der Waals surface area contributed by atoms with Crippen molar-refractivity contribution in [2.24, 2.45) is 0 Å². The van der Waals surface area contributed by atoms with E-state index >= 15 is 0 Å². The van der Waals surface area contributed by atoms with Gasteiger partial charge >= 0.3 is 0 Å². The molecule has 0 aliphatic carbocycles. The third-order valence-electron chi connectivity index (χ3n) is 2.89. The lowest BCUT2D eigenvalue weighted by Crippen LogP contribution is -2.33. The van der Waals surface area contributed by atoms with Crippen LogP contribution in [0.2, 0.25) is 0 Å². The fourth-order valence-corrected chi connectivity index (χ4v) is 2.77. The second-order valence-corrected chi connectivity index (χ2v) is 6.43. The molecule has 1 aromatic carbocycles. The molecule has 0 aromatic heterocycles. The van der Waals surface area contributed by atoms with Crippen molar-refractivity contribution in [1.29, 1.82) is 0 Å². The van der Waals surface area contributed by atoms with E-state index in [9.17, 15) is 13.2 Å². The van der Waals surface area contributed by atoms with E-state index in [0.29, 0.717) is 31.8 Å². The summed E-state index contributed by atoms with van der Waals surface area (Å²) in [5, 5.41) is 5.82. The van der Waals surface area contributed by atoms with Crippen LogP contribution < -0.4 is 15.4 Å². The number of halogens is 1. The van der Waals surface area contributed by atoms with Crippen molar-refractivity contribution < 1.29 is 17.9 Å². The first-order valence-electron chi connectivity index (χ1n) is 7.19. The Morgan fingerprint density at radius 3 is 2.71 bits per heavy atom. The maximum atomic E-state index is 12.0. The number of amides is 1. The van der Waals surface area contributed by atoms with Crippen molar-refractivity contribution in [1.82, 2.24) is 15.4 Å². The smallest absolute Gasteiger partial charge is 0.251 e. The predicted molar refractivity (Wildman–Crippen MR) is 96.2 cm³/mol. The first-order chi connectivity index (χ1) is 11.0. The topological polar surface area (TPSA) is 96.5 Å². The van der Waals surface area contributed by atoms with Crippen molar-refractivity contribution in [3.63, 3.8) is 0 Å². The summed E-state index contributed by atoms with van der Waals surface area (Å²) in [5.74, 6) is -0.320. The molecule has 3 N–H and O–H groups in total. The maximum Gasteiger partial charge on any atom is 0.251 e. The van der Waals surface area contributed by atoms with Gasteiger partial charge in [-0.05, 0) is 18.2 Å². The molecule has 0 saturated heterocycles. The van der Waals surface area contributed by atoms with Crippen LogP contribution in [0.3, 0.4) is 0 Å². The second-order valence-electron chi connectivity index (χ2n) is 4.67. The van der Waals surface area contributed by atoms with E-state index in [2.05, 4.69) is 21.9 Å². The summed E-state index contributed by atoms with van der Waals surface area (Å²) in [5.41, 5.74) is 0.295. The minimum Gasteiger partial charge on any atom is -0.383 e. The highest BCUT2D eigenvalue weighted by Gasteiger charge is 2.15. The summed E-state index contributed by atoms with van der Waals surface area (Å²) in [4.78, 5) is 12.1. The van der Waals surface area contributed by atoms with Crippen LogP contribution in [-0.4, -0.2) is 54.2 Å². The number of methoxy groups -OCH3 is 1. The zero-order chi connectivity index (χ0) is 17.1. The molecule has 0 fully saturated rings. The molecule has 0 heterocycles. The molecule has 0 bridgehead atoms. The van der Waals surface area contributed by atoms with Crippen LogP contribution >= 0.6 is 12.4 Å². The van der Waals surface area contributed by atoms with E-state index in [1.54, 1.807) is 13.2 Å². The molecule has 1 rings (SSSR count). The number of carbonyl (C=O) groups is 1. The van der Waals surface area contributed by atoms with Gasteiger partial charge < -0.3 is 15.4 Å². The fraction of sp³-hybridized carbons (Fsp3) is 0.400. The zero-order valence-corrected chi connectivity index (χ0v) is 15.2. The molecule has 0 aliphatic rings. The van der Waals surface area contributed by atoms with Gasteiger partial charge in [0.2, 0.25) is 10.0 Å². The molecule has 9 heteroatoms. The minimum atomic E-state index is -3.64. The van der Waals surface area contributed by atoms with Crippen LogP contribution in [-0.2, 0) is 14.8 Å². The van der Waals surface area contributed by atoms with E-state index in [-0.39, 0.29) is 29.8 Å². The SMILES string of the molecule is C=CCNS(=O)(=O)c1cccc(C(=O)NCCNCCOC)c1.Cl. The lowest BCUT2D eigenvalue weighted by molar-refractivity contribution is 0.0953. The Morgan fingerprint density at radius 1 is 1.29 bits per heavy atom. The van der Waals surface area contributed by atoms with Gasteiger partial charge in [0.15, 0.2) is 0 Å². The van der Waals surface area contributed by atoms with Crippen LogP contribution in [0.4, 0.5) is 0 Å². The number of rotatable bonds is 11. The van der Waals surface area contributed by atoms with E-state index in [1.165, 1.54) is 24.3 Å². The molecule has 0 atom stereocenters. The van der Waals surface area contributed by atoms with Crippen molar-refractivity contribution >= 4 is 28.3 Å². The molecule has 0 aliphatic heterocycles. The number of ether oxygens (including phenoxy) is 1. The molecule has 136 valence electrons. The fourth-order valence-electron chi connectivity index (χ4n) is 1.72. The molecule has 1 amide bonds. The molecular formula is C15H24ClN3O4S. The minimum absolute atomic E-state index is 0. The Bertz CT molecular complexity index is 623. The normalized spacial score (nSPS) is 10.7. The Labute approximate surface area is 149 Å². The summed E-state index contributed by atoms with van der Waals surface area (Å²) in [7, 11) is -2.02. The zero-order valence-electron chi connectivity index (χ0n) is 13.6. The average molecular weight is 378 g/mol. The van der Waals surface area contributed by atoms with Gasteiger partial charge in [-0.15, -0.1) is 19.0 Å². The second kappa shape index (κ2) is 12.0. The largest absolute Gasteiger partial charge is 0.383 e. The number of sulfonamides is 1. The highest BCUT2D eigenvalue weighted by atomic mass is 35.5. The molecule has 1 aromatic rings. The highest BCUT2D eigenvalue weighted by molar-refractivity contribution is 7.89. The van der Waals surface area contributed by atoms with Gasteiger partial charge in [-0.1, -0.05) is 12.1 Å². The molecule has 0 saturated carbocycles. The number of hydrogen-bond acceptors (Lipinski definition) is 5. The van der Waals surface area contributed by atoms with E-state index in [4.69, 9.17) is 4.74 Å². The maximum absolute atomic E-state index is 12.0. The van der Waals surface area contributed by atoms with Crippen molar-refractivity contribution in [3.05, 3.63) is 42.5 Å². The standard InChI is InChI=1S/C15H23N3O4S.ClH/c1-3-7-18-23(20,21)14-6-4-5-13(12-14)15(19)17-9-8-16-10-11-22-2;/h3-6,12,16,18H,1,7-11H2,2H3,(H,17,19);1H. The van der Waals surface area contributed by atoms with Crippen molar-refractivity contribution in [3.8, 4) is 0 Å². The van der Waals surface area contributed by atoms with Gasteiger partial charge in [0.1, 0.15) is 0 Å². The number of carbonyl (C=O) groups excluding carboxylic acids is 1. The average Bonchev–Trinajstić information content (AvgIpc) is 2.56. The molecule has 0 spiro atoms. The van der Waals surface area contributed by atoms with Crippen LogP contribution in [0.1, 0.15) is 10.4 Å². The first kappa shape index (κ1) is 22.6. The molecule has 0 unspecified atom stereocenters. The van der Waals surface area contributed by atoms with Crippen LogP contribution in [0.15, 0.2) is 41.8 Å². The third-order valence-corrected chi connectivity index (χ3v) is 4.32. The quantitative estimate of drug-likeness (QED) is 0.386. The van der Waals surface area contributed by atoms with Crippen molar-refractivity contribution in [2.75, 3.05) is 39.9 Å². The van der Waals surface area contributed by atoms with E-state index < -0.39 is 10.0 Å². The monoisotopic (exact) mass is 377 g/mol. The van der Waals surface area contributed by atoms with Crippen LogP contribution in [0.25, 0.3) is 0 Å². The highest BCUT2D eigenvalue weighted by Crippen LogP contribution is 2.11. The molecule has 24 heavy (non-hydrogen) atoms. The van der Waals surface area contributed by atoms with Gasteiger partial charge in [-0.3, -0.25) is 4.79 Å². The summed E-state index contributed by atoms with van der Waals surface area (Å²) in [6.07, 6.45) is 1.45. The number of benzene rings is 1. The van der Waals surface area contributed by atoms with Gasteiger partial charge in [0.25, 0.3) is 5.91 Å². The molecular weight excluding hydrogens is 354 g/mol. The number of nitrogens with one attached hydrogen (secondary N) is 3. The van der Waals surface area contributed by atoms with Gasteiger partial charge in [0.05, 0.1) is 11.5 Å². The summed E-state index contributed by atoms with van der Waals surface area (Å²) < 4.78 is 31.3. The Kier molecular flexibility index (Phi) is 11.3.